The number of nitrogens with zero attached hydrogens (tertiary/aromatic N) is 2. The van der Waals surface area contributed by atoms with Gasteiger partial charge in [-0.3, -0.25) is 4.90 Å². The van der Waals surface area contributed by atoms with Crippen LogP contribution in [0.1, 0.15) is 19.8 Å². The number of β-amino-alcohol motifs (C(OH)–C–C–N with tert-alkyl or cyclic N) is 1. The lowest BCUT2D eigenvalue weighted by Crippen LogP contribution is -2.53. The maximum absolute atomic E-state index is 10.5. The highest BCUT2D eigenvalue weighted by Crippen LogP contribution is 2.11. The van der Waals surface area contributed by atoms with Gasteiger partial charge in [0.05, 0.1) is 18.8 Å². The van der Waals surface area contributed by atoms with E-state index in [-0.39, 0.29) is 0 Å². The first kappa shape index (κ1) is 15.2. The Morgan fingerprint density at radius 1 is 1.21 bits per heavy atom. The third kappa shape index (κ3) is 5.36. The molecule has 19 heavy (non-hydrogen) atoms. The van der Waals surface area contributed by atoms with Gasteiger partial charge in [0, 0.05) is 32.2 Å². The van der Waals surface area contributed by atoms with E-state index in [1.54, 1.807) is 0 Å². The first-order valence-corrected chi connectivity index (χ1v) is 7.50. The molecular weight excluding hydrogens is 242 g/mol. The van der Waals surface area contributed by atoms with Gasteiger partial charge >= 0.3 is 0 Å². The predicted molar refractivity (Wildman–Crippen MR) is 76.4 cm³/mol. The highest BCUT2D eigenvalue weighted by molar-refractivity contribution is 4.84. The van der Waals surface area contributed by atoms with Crippen LogP contribution in [0.3, 0.4) is 0 Å². The molecule has 0 aromatic heterocycles. The van der Waals surface area contributed by atoms with Gasteiger partial charge in [-0.2, -0.15) is 0 Å². The summed E-state index contributed by atoms with van der Waals surface area (Å²) in [5.41, 5.74) is -0.652. The van der Waals surface area contributed by atoms with Gasteiger partial charge in [0.25, 0.3) is 0 Å². The normalized spacial score (nSPS) is 27.3. The molecule has 0 amide bonds. The molecule has 2 heterocycles. The fourth-order valence-electron chi connectivity index (χ4n) is 2.87. The van der Waals surface area contributed by atoms with Gasteiger partial charge in [0.2, 0.25) is 0 Å². The van der Waals surface area contributed by atoms with Crippen molar-refractivity contribution in [1.82, 2.24) is 15.1 Å². The number of ether oxygens (including phenoxy) is 1. The summed E-state index contributed by atoms with van der Waals surface area (Å²) in [6.07, 6.45) is 2.37. The molecule has 112 valence electrons. The van der Waals surface area contributed by atoms with Gasteiger partial charge in [-0.15, -0.1) is 0 Å². The number of rotatable bonds is 5. The standard InChI is InChI=1S/C14H29N3O2/c1-14(18,12-17-7-9-19-10-8-17)11-15-13-3-5-16(2)6-4-13/h13,15,18H,3-12H2,1-2H3. The topological polar surface area (TPSA) is 48.0 Å². The first-order valence-electron chi connectivity index (χ1n) is 7.50. The summed E-state index contributed by atoms with van der Waals surface area (Å²) in [6.45, 7) is 9.11. The van der Waals surface area contributed by atoms with Crippen molar-refractivity contribution in [1.29, 1.82) is 0 Å². The predicted octanol–water partition coefficient (Wildman–Crippen LogP) is -0.247. The molecule has 0 spiro atoms. The number of aliphatic hydroxyl groups is 1. The zero-order valence-corrected chi connectivity index (χ0v) is 12.4. The van der Waals surface area contributed by atoms with Crippen LogP contribution in [0.4, 0.5) is 0 Å². The van der Waals surface area contributed by atoms with Crippen LogP contribution in [0.2, 0.25) is 0 Å². The second-order valence-corrected chi connectivity index (χ2v) is 6.34. The van der Waals surface area contributed by atoms with E-state index in [0.29, 0.717) is 12.6 Å². The Morgan fingerprint density at radius 2 is 1.84 bits per heavy atom. The van der Waals surface area contributed by atoms with Crippen molar-refractivity contribution in [2.24, 2.45) is 0 Å². The van der Waals surface area contributed by atoms with Crippen LogP contribution < -0.4 is 5.32 Å². The molecular formula is C14H29N3O2. The molecule has 0 radical (unpaired) electrons. The van der Waals surface area contributed by atoms with Crippen molar-refractivity contribution >= 4 is 0 Å². The Balaban J connectivity index is 1.67. The lowest BCUT2D eigenvalue weighted by Gasteiger charge is -2.36. The van der Waals surface area contributed by atoms with E-state index >= 15 is 0 Å². The van der Waals surface area contributed by atoms with Crippen LogP contribution in [-0.2, 0) is 4.74 Å². The molecule has 0 aromatic carbocycles. The van der Waals surface area contributed by atoms with E-state index in [4.69, 9.17) is 4.74 Å². The highest BCUT2D eigenvalue weighted by atomic mass is 16.5. The second kappa shape index (κ2) is 6.99. The van der Waals surface area contributed by atoms with E-state index in [1.807, 2.05) is 6.92 Å². The molecule has 1 unspecified atom stereocenters. The molecule has 2 aliphatic heterocycles. The number of hydrogen-bond donors (Lipinski definition) is 2. The van der Waals surface area contributed by atoms with Crippen molar-refractivity contribution in [3.63, 3.8) is 0 Å². The van der Waals surface area contributed by atoms with Crippen molar-refractivity contribution in [3.8, 4) is 0 Å². The van der Waals surface area contributed by atoms with Crippen molar-refractivity contribution in [2.45, 2.75) is 31.4 Å². The van der Waals surface area contributed by atoms with E-state index < -0.39 is 5.60 Å². The van der Waals surface area contributed by atoms with Gasteiger partial charge < -0.3 is 20.1 Å². The average Bonchev–Trinajstić information content (AvgIpc) is 2.39. The van der Waals surface area contributed by atoms with Crippen LogP contribution in [0, 0.1) is 0 Å². The number of nitrogens with one attached hydrogen (secondary N) is 1. The second-order valence-electron chi connectivity index (χ2n) is 6.34. The van der Waals surface area contributed by atoms with Crippen molar-refractivity contribution in [3.05, 3.63) is 0 Å². The van der Waals surface area contributed by atoms with E-state index in [2.05, 4.69) is 22.2 Å². The van der Waals surface area contributed by atoms with Crippen LogP contribution in [-0.4, -0.2) is 86.1 Å². The van der Waals surface area contributed by atoms with Crippen LogP contribution in [0.15, 0.2) is 0 Å². The molecule has 1 atom stereocenters. The summed E-state index contributed by atoms with van der Waals surface area (Å²) >= 11 is 0. The molecule has 0 bridgehead atoms. The van der Waals surface area contributed by atoms with E-state index in [1.165, 1.54) is 12.8 Å². The summed E-state index contributed by atoms with van der Waals surface area (Å²) in [6, 6.07) is 0.562. The third-order valence-electron chi connectivity index (χ3n) is 4.16. The summed E-state index contributed by atoms with van der Waals surface area (Å²) in [5, 5.41) is 14.0. The van der Waals surface area contributed by atoms with Gasteiger partial charge in [0.15, 0.2) is 0 Å². The Bertz CT molecular complexity index is 259. The lowest BCUT2D eigenvalue weighted by atomic mass is 10.0. The SMILES string of the molecule is CN1CCC(NCC(C)(O)CN2CCOCC2)CC1. The zero-order chi connectivity index (χ0) is 13.7. The number of hydrogen-bond acceptors (Lipinski definition) is 5. The molecule has 2 N–H and O–H groups in total. The lowest BCUT2D eigenvalue weighted by molar-refractivity contribution is -0.0235. The smallest absolute Gasteiger partial charge is 0.0869 e. The van der Waals surface area contributed by atoms with E-state index in [9.17, 15) is 5.11 Å². The monoisotopic (exact) mass is 271 g/mol. The minimum Gasteiger partial charge on any atom is -0.388 e. The fraction of sp³-hybridized carbons (Fsp3) is 1.00. The van der Waals surface area contributed by atoms with Crippen LogP contribution in [0.5, 0.6) is 0 Å². The minimum atomic E-state index is -0.652. The maximum atomic E-state index is 10.5. The number of likely N-dealkylation sites (tertiary alicyclic amines) is 1. The number of piperidine rings is 1. The highest BCUT2D eigenvalue weighted by Gasteiger charge is 2.26. The van der Waals surface area contributed by atoms with Gasteiger partial charge in [-0.1, -0.05) is 0 Å². The first-order chi connectivity index (χ1) is 9.05. The van der Waals surface area contributed by atoms with Crippen LogP contribution >= 0.6 is 0 Å². The summed E-state index contributed by atoms with van der Waals surface area (Å²) in [4.78, 5) is 4.66. The molecule has 2 rings (SSSR count). The Kier molecular flexibility index (Phi) is 5.59. The minimum absolute atomic E-state index is 0.562. The Hall–Kier alpha value is -0.200. The number of morpholine rings is 1. The molecule has 0 aromatic rings. The molecule has 2 saturated heterocycles. The molecule has 0 saturated carbocycles. The average molecular weight is 271 g/mol. The molecule has 5 heteroatoms. The van der Waals surface area contributed by atoms with E-state index in [0.717, 1.165) is 45.9 Å². The summed E-state index contributed by atoms with van der Waals surface area (Å²) in [7, 11) is 2.17. The Morgan fingerprint density at radius 3 is 2.47 bits per heavy atom. The van der Waals surface area contributed by atoms with Crippen LogP contribution in [0.25, 0.3) is 0 Å². The van der Waals surface area contributed by atoms with Crippen molar-refractivity contribution < 1.29 is 9.84 Å². The van der Waals surface area contributed by atoms with Gasteiger partial charge in [-0.25, -0.2) is 0 Å². The van der Waals surface area contributed by atoms with Crippen molar-refractivity contribution in [2.75, 3.05) is 59.5 Å². The third-order valence-corrected chi connectivity index (χ3v) is 4.16. The fourth-order valence-corrected chi connectivity index (χ4v) is 2.87. The molecule has 2 fully saturated rings. The summed E-state index contributed by atoms with van der Waals surface area (Å²) in [5.74, 6) is 0. The summed E-state index contributed by atoms with van der Waals surface area (Å²) < 4.78 is 5.34. The quantitative estimate of drug-likeness (QED) is 0.722. The molecule has 2 aliphatic rings. The maximum Gasteiger partial charge on any atom is 0.0869 e. The Labute approximate surface area is 116 Å². The molecule has 5 nitrogen and oxygen atoms in total. The van der Waals surface area contributed by atoms with Gasteiger partial charge in [-0.05, 0) is 39.9 Å². The zero-order valence-electron chi connectivity index (χ0n) is 12.4. The largest absolute Gasteiger partial charge is 0.388 e. The molecule has 0 aliphatic carbocycles. The van der Waals surface area contributed by atoms with Gasteiger partial charge in [0.1, 0.15) is 0 Å².